The van der Waals surface area contributed by atoms with Crippen LogP contribution in [-0.4, -0.2) is 43.6 Å². The number of nitrogens with zero attached hydrogens (tertiary/aromatic N) is 5. The highest BCUT2D eigenvalue weighted by Crippen LogP contribution is 2.17. The molecule has 1 aliphatic rings. The zero-order chi connectivity index (χ0) is 13.2. The molecule has 19 heavy (non-hydrogen) atoms. The molecule has 6 nitrogen and oxygen atoms in total. The second-order valence-corrected chi connectivity index (χ2v) is 4.66. The van der Waals surface area contributed by atoms with Gasteiger partial charge in [0, 0.05) is 19.3 Å². The Bertz CT molecular complexity index is 627. The highest BCUT2D eigenvalue weighted by atomic mass is 16.2. The third-order valence-electron chi connectivity index (χ3n) is 3.38. The highest BCUT2D eigenvalue weighted by Gasteiger charge is 2.21. The molecule has 3 rings (SSSR count). The zero-order valence-electron chi connectivity index (χ0n) is 10.6. The van der Waals surface area contributed by atoms with Gasteiger partial charge in [0.05, 0.1) is 11.6 Å². The van der Waals surface area contributed by atoms with E-state index in [2.05, 4.69) is 21.6 Å². The summed E-state index contributed by atoms with van der Waals surface area (Å²) in [5.74, 6) is -0.0664. The Balaban J connectivity index is 1.89. The number of piperidine rings is 1. The van der Waals surface area contributed by atoms with Gasteiger partial charge >= 0.3 is 0 Å². The summed E-state index contributed by atoms with van der Waals surface area (Å²) in [6.07, 6.45) is 8.06. The third-order valence-corrected chi connectivity index (χ3v) is 3.38. The zero-order valence-corrected chi connectivity index (χ0v) is 10.6. The van der Waals surface area contributed by atoms with E-state index in [1.54, 1.807) is 12.4 Å². The molecule has 6 heteroatoms. The molecule has 2 aromatic rings. The number of hydrogen-bond acceptors (Lipinski definition) is 4. The number of amides is 1. The van der Waals surface area contributed by atoms with E-state index in [4.69, 9.17) is 0 Å². The predicted molar refractivity (Wildman–Crippen MR) is 71.1 cm³/mol. The average molecular weight is 257 g/mol. The number of fused-ring (bicyclic) bond motifs is 1. The summed E-state index contributed by atoms with van der Waals surface area (Å²) in [6, 6.07) is 0. The maximum atomic E-state index is 12.4. The van der Waals surface area contributed by atoms with Crippen molar-refractivity contribution >= 4 is 22.6 Å². The summed E-state index contributed by atoms with van der Waals surface area (Å²) in [4.78, 5) is 22.3. The SMILES string of the molecule is C=C(C(=O)N1CCCCC1)n1ncc2cncnc21. The van der Waals surface area contributed by atoms with Gasteiger partial charge < -0.3 is 4.90 Å². The van der Waals surface area contributed by atoms with Gasteiger partial charge in [-0.1, -0.05) is 6.58 Å². The lowest BCUT2D eigenvalue weighted by Crippen LogP contribution is -2.37. The van der Waals surface area contributed by atoms with E-state index in [1.165, 1.54) is 17.4 Å². The fraction of sp³-hybridized carbons (Fsp3) is 0.385. The molecule has 0 unspecified atom stereocenters. The molecule has 1 amide bonds. The molecule has 1 aliphatic heterocycles. The average Bonchev–Trinajstić information content (AvgIpc) is 2.90. The van der Waals surface area contributed by atoms with Crippen molar-refractivity contribution in [3.8, 4) is 0 Å². The van der Waals surface area contributed by atoms with Gasteiger partial charge in [-0.15, -0.1) is 0 Å². The van der Waals surface area contributed by atoms with Crippen LogP contribution in [0.2, 0.25) is 0 Å². The Morgan fingerprint density at radius 1 is 1.21 bits per heavy atom. The van der Waals surface area contributed by atoms with Crippen LogP contribution in [-0.2, 0) is 4.79 Å². The normalized spacial score (nSPS) is 15.7. The first-order chi connectivity index (χ1) is 9.27. The van der Waals surface area contributed by atoms with Crippen molar-refractivity contribution in [2.45, 2.75) is 19.3 Å². The van der Waals surface area contributed by atoms with E-state index in [1.807, 2.05) is 4.90 Å². The molecular formula is C13H15N5O. The fourth-order valence-corrected chi connectivity index (χ4v) is 2.34. The van der Waals surface area contributed by atoms with Gasteiger partial charge in [0.15, 0.2) is 5.65 Å². The predicted octanol–water partition coefficient (Wildman–Crippen LogP) is 1.31. The number of aromatic nitrogens is 4. The molecule has 1 saturated heterocycles. The third kappa shape index (κ3) is 2.09. The van der Waals surface area contributed by atoms with Crippen LogP contribution in [0.5, 0.6) is 0 Å². The second-order valence-electron chi connectivity index (χ2n) is 4.66. The Kier molecular flexibility index (Phi) is 2.98. The summed E-state index contributed by atoms with van der Waals surface area (Å²) in [5.41, 5.74) is 0.959. The van der Waals surface area contributed by atoms with Crippen molar-refractivity contribution in [3.63, 3.8) is 0 Å². The summed E-state index contributed by atoms with van der Waals surface area (Å²) in [7, 11) is 0. The minimum Gasteiger partial charge on any atom is -0.337 e. The first-order valence-corrected chi connectivity index (χ1v) is 6.39. The number of carbonyl (C=O) groups is 1. The van der Waals surface area contributed by atoms with Crippen LogP contribution in [0.4, 0.5) is 0 Å². The van der Waals surface area contributed by atoms with Crippen LogP contribution >= 0.6 is 0 Å². The molecule has 0 spiro atoms. The topological polar surface area (TPSA) is 63.9 Å². The van der Waals surface area contributed by atoms with Crippen LogP contribution in [0.3, 0.4) is 0 Å². The van der Waals surface area contributed by atoms with E-state index in [-0.39, 0.29) is 5.91 Å². The Morgan fingerprint density at radius 3 is 2.79 bits per heavy atom. The summed E-state index contributed by atoms with van der Waals surface area (Å²) in [5, 5.41) is 4.98. The van der Waals surface area contributed by atoms with Crippen LogP contribution in [0.15, 0.2) is 25.3 Å². The summed E-state index contributed by atoms with van der Waals surface area (Å²) >= 11 is 0. The van der Waals surface area contributed by atoms with Crippen molar-refractivity contribution in [2.75, 3.05) is 13.1 Å². The highest BCUT2D eigenvalue weighted by molar-refractivity contribution is 6.13. The largest absolute Gasteiger partial charge is 0.337 e. The van der Waals surface area contributed by atoms with Crippen LogP contribution in [0.25, 0.3) is 16.7 Å². The molecule has 3 heterocycles. The van der Waals surface area contributed by atoms with Crippen molar-refractivity contribution in [1.82, 2.24) is 24.6 Å². The quantitative estimate of drug-likeness (QED) is 0.761. The first-order valence-electron chi connectivity index (χ1n) is 6.39. The minimum absolute atomic E-state index is 0.0664. The number of rotatable bonds is 2. The van der Waals surface area contributed by atoms with Gasteiger partial charge in [-0.3, -0.25) is 4.79 Å². The summed E-state index contributed by atoms with van der Waals surface area (Å²) in [6.45, 7) is 5.47. The maximum Gasteiger partial charge on any atom is 0.271 e. The number of hydrogen-bond donors (Lipinski definition) is 0. The molecule has 0 radical (unpaired) electrons. The Morgan fingerprint density at radius 2 is 2.00 bits per heavy atom. The van der Waals surface area contributed by atoms with Gasteiger partial charge in [0.25, 0.3) is 5.91 Å². The lowest BCUT2D eigenvalue weighted by Gasteiger charge is -2.27. The van der Waals surface area contributed by atoms with Crippen molar-refractivity contribution in [1.29, 1.82) is 0 Å². The molecule has 0 aliphatic carbocycles. The minimum atomic E-state index is -0.0664. The Labute approximate surface area is 110 Å². The molecule has 0 atom stereocenters. The molecule has 98 valence electrons. The van der Waals surface area contributed by atoms with E-state index in [9.17, 15) is 4.79 Å². The van der Waals surface area contributed by atoms with Crippen LogP contribution < -0.4 is 0 Å². The monoisotopic (exact) mass is 257 g/mol. The summed E-state index contributed by atoms with van der Waals surface area (Å²) < 4.78 is 1.49. The number of carbonyl (C=O) groups excluding carboxylic acids is 1. The molecule has 0 bridgehead atoms. The van der Waals surface area contributed by atoms with Crippen LogP contribution in [0.1, 0.15) is 19.3 Å². The fourth-order valence-electron chi connectivity index (χ4n) is 2.34. The van der Waals surface area contributed by atoms with Gasteiger partial charge in [-0.25, -0.2) is 14.6 Å². The van der Waals surface area contributed by atoms with E-state index in [0.717, 1.165) is 31.3 Å². The van der Waals surface area contributed by atoms with Crippen molar-refractivity contribution in [3.05, 3.63) is 25.3 Å². The lowest BCUT2D eigenvalue weighted by molar-refractivity contribution is -0.126. The van der Waals surface area contributed by atoms with Gasteiger partial charge in [0.1, 0.15) is 12.0 Å². The van der Waals surface area contributed by atoms with E-state index < -0.39 is 0 Å². The van der Waals surface area contributed by atoms with Gasteiger partial charge in [-0.2, -0.15) is 5.10 Å². The molecular weight excluding hydrogens is 242 g/mol. The second kappa shape index (κ2) is 4.79. The van der Waals surface area contributed by atoms with Gasteiger partial charge in [0.2, 0.25) is 0 Å². The molecule has 2 aromatic heterocycles. The lowest BCUT2D eigenvalue weighted by atomic mass is 10.1. The van der Waals surface area contributed by atoms with Crippen molar-refractivity contribution < 1.29 is 4.79 Å². The van der Waals surface area contributed by atoms with Gasteiger partial charge in [-0.05, 0) is 19.3 Å². The first kappa shape index (κ1) is 11.8. The standard InChI is InChI=1S/C13H15N5O/c1-10(13(19)17-5-3-2-4-6-17)18-12-11(8-16-18)7-14-9-15-12/h7-9H,1-6H2. The van der Waals surface area contributed by atoms with E-state index in [0.29, 0.717) is 11.3 Å². The number of likely N-dealkylation sites (tertiary alicyclic amines) is 1. The molecule has 0 N–H and O–H groups in total. The van der Waals surface area contributed by atoms with E-state index >= 15 is 0 Å². The Hall–Kier alpha value is -2.24. The van der Waals surface area contributed by atoms with Crippen molar-refractivity contribution in [2.24, 2.45) is 0 Å². The smallest absolute Gasteiger partial charge is 0.271 e. The maximum absolute atomic E-state index is 12.4. The molecule has 0 saturated carbocycles. The van der Waals surface area contributed by atoms with Crippen LogP contribution in [0, 0.1) is 0 Å². The molecule has 0 aromatic carbocycles. The molecule has 1 fully saturated rings.